The van der Waals surface area contributed by atoms with Gasteiger partial charge in [-0.15, -0.1) is 0 Å². The molecule has 2 N–H and O–H groups in total. The van der Waals surface area contributed by atoms with Crippen molar-refractivity contribution < 1.29 is 9.13 Å². The number of aryl methyl sites for hydroxylation is 2. The van der Waals surface area contributed by atoms with Crippen molar-refractivity contribution in [1.82, 2.24) is 0 Å². The lowest BCUT2D eigenvalue weighted by molar-refractivity contribution is 0.302. The van der Waals surface area contributed by atoms with Gasteiger partial charge in [-0.3, -0.25) is 0 Å². The van der Waals surface area contributed by atoms with Crippen LogP contribution in [0.4, 0.5) is 4.39 Å². The van der Waals surface area contributed by atoms with E-state index in [1.807, 2.05) is 39.0 Å². The number of ether oxygens (including phenoxy) is 1. The molecule has 0 aromatic heterocycles. The summed E-state index contributed by atoms with van der Waals surface area (Å²) in [5.41, 5.74) is 9.85. The summed E-state index contributed by atoms with van der Waals surface area (Å²) in [6.07, 6.45) is 0. The van der Waals surface area contributed by atoms with Crippen LogP contribution in [0.3, 0.4) is 0 Å². The van der Waals surface area contributed by atoms with Crippen molar-refractivity contribution in [1.29, 1.82) is 0 Å². The van der Waals surface area contributed by atoms with Crippen molar-refractivity contribution in [3.63, 3.8) is 0 Å². The molecule has 0 spiro atoms. The zero-order valence-electron chi connectivity index (χ0n) is 12.1. The number of hydrogen-bond acceptors (Lipinski definition) is 2. The van der Waals surface area contributed by atoms with Gasteiger partial charge in [-0.1, -0.05) is 18.2 Å². The fourth-order valence-electron chi connectivity index (χ4n) is 2.07. The second-order valence-corrected chi connectivity index (χ2v) is 5.17. The van der Waals surface area contributed by atoms with Crippen LogP contribution in [0.2, 0.25) is 0 Å². The molecule has 0 heterocycles. The average molecular weight is 273 g/mol. The Morgan fingerprint density at radius 2 is 1.85 bits per heavy atom. The number of benzene rings is 2. The summed E-state index contributed by atoms with van der Waals surface area (Å²) in [5.74, 6) is 0.566. The monoisotopic (exact) mass is 273 g/mol. The highest BCUT2D eigenvalue weighted by atomic mass is 19.1. The van der Waals surface area contributed by atoms with Gasteiger partial charge in [0.1, 0.15) is 18.2 Å². The lowest BCUT2D eigenvalue weighted by Gasteiger charge is -2.13. The molecule has 2 aromatic carbocycles. The van der Waals surface area contributed by atoms with Crippen molar-refractivity contribution >= 4 is 0 Å². The van der Waals surface area contributed by atoms with E-state index in [1.165, 1.54) is 12.1 Å². The van der Waals surface area contributed by atoms with Crippen LogP contribution in [-0.4, -0.2) is 0 Å². The molecule has 1 unspecified atom stereocenters. The SMILES string of the molecule is Cc1ccc(F)cc1COc1ccc(C(C)N)cc1C. The second kappa shape index (κ2) is 6.06. The van der Waals surface area contributed by atoms with Gasteiger partial charge < -0.3 is 10.5 Å². The molecule has 2 nitrogen and oxygen atoms in total. The lowest BCUT2D eigenvalue weighted by atomic mass is 10.1. The molecular weight excluding hydrogens is 253 g/mol. The molecule has 1 atom stereocenters. The summed E-state index contributed by atoms with van der Waals surface area (Å²) in [4.78, 5) is 0. The standard InChI is InChI=1S/C17H20FNO/c1-11-4-6-16(18)9-15(11)10-20-17-7-5-14(13(3)19)8-12(17)2/h4-9,13H,10,19H2,1-3H3. The predicted molar refractivity (Wildman–Crippen MR) is 79.3 cm³/mol. The van der Waals surface area contributed by atoms with Crippen LogP contribution in [0.15, 0.2) is 36.4 Å². The molecule has 0 aliphatic heterocycles. The average Bonchev–Trinajstić information content (AvgIpc) is 2.40. The van der Waals surface area contributed by atoms with Crippen LogP contribution in [0.1, 0.15) is 35.2 Å². The minimum absolute atomic E-state index is 0.00761. The van der Waals surface area contributed by atoms with Gasteiger partial charge in [0.05, 0.1) is 0 Å². The minimum atomic E-state index is -0.238. The molecule has 20 heavy (non-hydrogen) atoms. The summed E-state index contributed by atoms with van der Waals surface area (Å²) in [5, 5.41) is 0. The Kier molecular flexibility index (Phi) is 4.40. The Morgan fingerprint density at radius 3 is 2.50 bits per heavy atom. The van der Waals surface area contributed by atoms with Gasteiger partial charge in [-0.2, -0.15) is 0 Å². The molecule has 0 saturated carbocycles. The van der Waals surface area contributed by atoms with Gasteiger partial charge in [0.2, 0.25) is 0 Å². The number of hydrogen-bond donors (Lipinski definition) is 1. The summed E-state index contributed by atoms with van der Waals surface area (Å²) in [6, 6.07) is 10.7. The fraction of sp³-hybridized carbons (Fsp3) is 0.294. The number of halogens is 1. The maximum atomic E-state index is 13.2. The molecule has 0 saturated heterocycles. The Balaban J connectivity index is 2.13. The van der Waals surface area contributed by atoms with Gasteiger partial charge in [0.15, 0.2) is 0 Å². The Labute approximate surface area is 119 Å². The van der Waals surface area contributed by atoms with E-state index >= 15 is 0 Å². The van der Waals surface area contributed by atoms with Crippen LogP contribution < -0.4 is 10.5 Å². The minimum Gasteiger partial charge on any atom is -0.489 e. The summed E-state index contributed by atoms with van der Waals surface area (Å²) in [7, 11) is 0. The predicted octanol–water partition coefficient (Wildman–Crippen LogP) is 4.04. The highest BCUT2D eigenvalue weighted by molar-refractivity contribution is 5.37. The number of rotatable bonds is 4. The molecular formula is C17H20FNO. The van der Waals surface area contributed by atoms with Gasteiger partial charge in [0.25, 0.3) is 0 Å². The first kappa shape index (κ1) is 14.5. The van der Waals surface area contributed by atoms with Gasteiger partial charge >= 0.3 is 0 Å². The Bertz CT molecular complexity index is 608. The van der Waals surface area contributed by atoms with E-state index in [1.54, 1.807) is 6.07 Å². The van der Waals surface area contributed by atoms with Crippen LogP contribution in [0, 0.1) is 19.7 Å². The van der Waals surface area contributed by atoms with E-state index in [0.717, 1.165) is 28.0 Å². The van der Waals surface area contributed by atoms with E-state index < -0.39 is 0 Å². The topological polar surface area (TPSA) is 35.2 Å². The van der Waals surface area contributed by atoms with Gasteiger partial charge in [0, 0.05) is 6.04 Å². The molecule has 0 fully saturated rings. The molecule has 106 valence electrons. The molecule has 3 heteroatoms. The number of nitrogens with two attached hydrogens (primary N) is 1. The molecule has 2 aromatic rings. The van der Waals surface area contributed by atoms with Crippen LogP contribution in [0.25, 0.3) is 0 Å². The van der Waals surface area contributed by atoms with Crippen LogP contribution >= 0.6 is 0 Å². The van der Waals surface area contributed by atoms with Crippen molar-refractivity contribution in [2.75, 3.05) is 0 Å². The van der Waals surface area contributed by atoms with E-state index in [0.29, 0.717) is 6.61 Å². The lowest BCUT2D eigenvalue weighted by Crippen LogP contribution is -2.06. The maximum Gasteiger partial charge on any atom is 0.123 e. The third kappa shape index (κ3) is 3.36. The highest BCUT2D eigenvalue weighted by Gasteiger charge is 2.06. The van der Waals surface area contributed by atoms with Gasteiger partial charge in [-0.05, 0) is 61.2 Å². The zero-order chi connectivity index (χ0) is 14.7. The molecule has 0 aliphatic carbocycles. The van der Waals surface area contributed by atoms with E-state index in [-0.39, 0.29) is 11.9 Å². The first-order chi connectivity index (χ1) is 9.47. The van der Waals surface area contributed by atoms with Crippen molar-refractivity contribution in [2.24, 2.45) is 5.73 Å². The third-order valence-electron chi connectivity index (χ3n) is 3.42. The highest BCUT2D eigenvalue weighted by Crippen LogP contribution is 2.23. The Morgan fingerprint density at radius 1 is 1.10 bits per heavy atom. The smallest absolute Gasteiger partial charge is 0.123 e. The molecule has 0 amide bonds. The van der Waals surface area contributed by atoms with Crippen molar-refractivity contribution in [3.05, 3.63) is 64.5 Å². The molecule has 2 rings (SSSR count). The summed E-state index contributed by atoms with van der Waals surface area (Å²) < 4.78 is 19.0. The van der Waals surface area contributed by atoms with Crippen LogP contribution in [0.5, 0.6) is 5.75 Å². The first-order valence-electron chi connectivity index (χ1n) is 6.71. The summed E-state index contributed by atoms with van der Waals surface area (Å²) in [6.45, 7) is 6.25. The second-order valence-electron chi connectivity index (χ2n) is 5.17. The zero-order valence-corrected chi connectivity index (χ0v) is 12.1. The molecule has 0 bridgehead atoms. The van der Waals surface area contributed by atoms with E-state index in [4.69, 9.17) is 10.5 Å². The molecule has 0 aliphatic rings. The van der Waals surface area contributed by atoms with Crippen molar-refractivity contribution in [3.8, 4) is 5.75 Å². The maximum absolute atomic E-state index is 13.2. The van der Waals surface area contributed by atoms with E-state index in [2.05, 4.69) is 0 Å². The van der Waals surface area contributed by atoms with Crippen LogP contribution in [-0.2, 0) is 6.61 Å². The van der Waals surface area contributed by atoms with E-state index in [9.17, 15) is 4.39 Å². The largest absolute Gasteiger partial charge is 0.489 e. The summed E-state index contributed by atoms with van der Waals surface area (Å²) >= 11 is 0. The molecule has 0 radical (unpaired) electrons. The van der Waals surface area contributed by atoms with Gasteiger partial charge in [-0.25, -0.2) is 4.39 Å². The fourth-order valence-corrected chi connectivity index (χ4v) is 2.07. The first-order valence-corrected chi connectivity index (χ1v) is 6.71. The Hall–Kier alpha value is -1.87. The van der Waals surface area contributed by atoms with Crippen molar-refractivity contribution in [2.45, 2.75) is 33.4 Å². The normalized spacial score (nSPS) is 12.2. The third-order valence-corrected chi connectivity index (χ3v) is 3.42. The quantitative estimate of drug-likeness (QED) is 0.912.